The number of ether oxygens (including phenoxy) is 2. The molecule has 0 aliphatic heterocycles. The van der Waals surface area contributed by atoms with E-state index in [0.717, 1.165) is 18.4 Å². The molecule has 0 spiro atoms. The second-order valence-corrected chi connectivity index (χ2v) is 6.48. The van der Waals surface area contributed by atoms with Crippen LogP contribution in [0.4, 0.5) is 5.69 Å². The molecule has 0 bridgehead atoms. The van der Waals surface area contributed by atoms with Crippen molar-refractivity contribution in [3.8, 4) is 5.75 Å². The summed E-state index contributed by atoms with van der Waals surface area (Å²) in [6.45, 7) is 5.50. The van der Waals surface area contributed by atoms with Gasteiger partial charge < -0.3 is 20.1 Å². The first kappa shape index (κ1) is 21.3. The lowest BCUT2D eigenvalue weighted by Crippen LogP contribution is -2.36. The maximum absolute atomic E-state index is 12.4. The van der Waals surface area contributed by atoms with E-state index in [1.54, 1.807) is 17.0 Å². The van der Waals surface area contributed by atoms with E-state index >= 15 is 0 Å². The van der Waals surface area contributed by atoms with Gasteiger partial charge >= 0.3 is 5.97 Å². The first-order valence-electron chi connectivity index (χ1n) is 9.56. The number of carbonyl (C=O) groups is 2. The molecule has 2 rings (SSSR count). The molecule has 6 heteroatoms. The van der Waals surface area contributed by atoms with E-state index in [2.05, 4.69) is 0 Å². The van der Waals surface area contributed by atoms with Crippen LogP contribution >= 0.6 is 0 Å². The molecule has 0 saturated carbocycles. The summed E-state index contributed by atoms with van der Waals surface area (Å²) < 4.78 is 10.9. The van der Waals surface area contributed by atoms with Crippen molar-refractivity contribution in [3.63, 3.8) is 0 Å². The fraction of sp³-hybridized carbons (Fsp3) is 0.364. The Bertz CT molecular complexity index is 771. The highest BCUT2D eigenvalue weighted by molar-refractivity contribution is 5.90. The van der Waals surface area contributed by atoms with Crippen LogP contribution in [0, 0.1) is 0 Å². The number of nitrogen functional groups attached to an aromatic ring is 1. The zero-order valence-corrected chi connectivity index (χ0v) is 16.5. The van der Waals surface area contributed by atoms with Crippen LogP contribution in [-0.4, -0.2) is 36.5 Å². The third kappa shape index (κ3) is 6.30. The number of nitrogens with zero attached hydrogens (tertiary/aromatic N) is 1. The highest BCUT2D eigenvalue weighted by Gasteiger charge is 2.15. The van der Waals surface area contributed by atoms with Gasteiger partial charge in [0.15, 0.2) is 6.61 Å². The highest BCUT2D eigenvalue weighted by atomic mass is 16.5. The topological polar surface area (TPSA) is 81.9 Å². The van der Waals surface area contributed by atoms with E-state index in [0.29, 0.717) is 30.1 Å². The highest BCUT2D eigenvalue weighted by Crippen LogP contribution is 2.23. The largest absolute Gasteiger partial charge is 0.482 e. The minimum absolute atomic E-state index is 0.0971. The molecule has 150 valence electrons. The van der Waals surface area contributed by atoms with Crippen LogP contribution in [0.3, 0.4) is 0 Å². The number of rotatable bonds is 10. The fourth-order valence-corrected chi connectivity index (χ4v) is 2.72. The number of hydrogen-bond acceptors (Lipinski definition) is 5. The lowest BCUT2D eigenvalue weighted by Gasteiger charge is -2.21. The normalized spacial score (nSPS) is 10.4. The maximum Gasteiger partial charge on any atom is 0.338 e. The molecular formula is C22H28N2O4. The zero-order chi connectivity index (χ0) is 20.4. The molecule has 0 aliphatic rings. The van der Waals surface area contributed by atoms with Gasteiger partial charge in [-0.25, -0.2) is 4.79 Å². The molecule has 0 saturated heterocycles. The standard InChI is InChI=1S/C22H28N2O4/c1-3-12-24(13-4-2)21(25)16-27-20-14-18(10-11-19(20)23)22(26)28-15-17-8-6-5-7-9-17/h5-11,14H,3-4,12-13,15-16,23H2,1-2H3. The van der Waals surface area contributed by atoms with Crippen molar-refractivity contribution in [2.24, 2.45) is 0 Å². The number of nitrogens with two attached hydrogens (primary N) is 1. The van der Waals surface area contributed by atoms with Crippen LogP contribution in [0.25, 0.3) is 0 Å². The zero-order valence-electron chi connectivity index (χ0n) is 16.5. The van der Waals surface area contributed by atoms with Gasteiger partial charge in [-0.1, -0.05) is 44.2 Å². The summed E-state index contributed by atoms with van der Waals surface area (Å²) in [7, 11) is 0. The average molecular weight is 384 g/mol. The van der Waals surface area contributed by atoms with E-state index < -0.39 is 5.97 Å². The lowest BCUT2D eigenvalue weighted by atomic mass is 10.2. The summed E-state index contributed by atoms with van der Waals surface area (Å²) in [6, 6.07) is 14.1. The molecule has 1 amide bonds. The molecule has 0 radical (unpaired) electrons. The Kier molecular flexibility index (Phi) is 8.34. The Hall–Kier alpha value is -3.02. The Morgan fingerprint density at radius 3 is 2.32 bits per heavy atom. The number of anilines is 1. The van der Waals surface area contributed by atoms with Crippen LogP contribution in [-0.2, 0) is 16.1 Å². The number of amides is 1. The second kappa shape index (κ2) is 11.0. The van der Waals surface area contributed by atoms with Gasteiger partial charge in [-0.3, -0.25) is 4.79 Å². The van der Waals surface area contributed by atoms with Crippen LogP contribution in [0.1, 0.15) is 42.6 Å². The van der Waals surface area contributed by atoms with Gasteiger partial charge in [-0.2, -0.15) is 0 Å². The SMILES string of the molecule is CCCN(CCC)C(=O)COc1cc(C(=O)OCc2ccccc2)ccc1N. The van der Waals surface area contributed by atoms with Crippen LogP contribution in [0.5, 0.6) is 5.75 Å². The molecule has 0 aliphatic carbocycles. The summed E-state index contributed by atoms with van der Waals surface area (Å²) in [6.07, 6.45) is 1.77. The molecule has 0 fully saturated rings. The van der Waals surface area contributed by atoms with Crippen LogP contribution in [0.2, 0.25) is 0 Å². The van der Waals surface area contributed by atoms with Gasteiger partial charge in [0.1, 0.15) is 12.4 Å². The van der Waals surface area contributed by atoms with Gasteiger partial charge in [0.05, 0.1) is 11.3 Å². The Morgan fingerprint density at radius 1 is 1.00 bits per heavy atom. The summed E-state index contributed by atoms with van der Waals surface area (Å²) in [4.78, 5) is 26.4. The average Bonchev–Trinajstić information content (AvgIpc) is 2.71. The minimum Gasteiger partial charge on any atom is -0.482 e. The lowest BCUT2D eigenvalue weighted by molar-refractivity contribution is -0.133. The maximum atomic E-state index is 12.4. The first-order valence-corrected chi connectivity index (χ1v) is 9.56. The van der Waals surface area contributed by atoms with Gasteiger partial charge in [0.25, 0.3) is 5.91 Å². The Balaban J connectivity index is 1.98. The molecule has 0 aromatic heterocycles. The van der Waals surface area contributed by atoms with Crippen molar-refractivity contribution in [2.45, 2.75) is 33.3 Å². The quantitative estimate of drug-likeness (QED) is 0.499. The predicted molar refractivity (Wildman–Crippen MR) is 109 cm³/mol. The van der Waals surface area contributed by atoms with Crippen molar-refractivity contribution >= 4 is 17.6 Å². The monoisotopic (exact) mass is 384 g/mol. The Labute approximate surface area is 166 Å². The van der Waals surface area contributed by atoms with E-state index in [4.69, 9.17) is 15.2 Å². The number of hydrogen-bond donors (Lipinski definition) is 1. The summed E-state index contributed by atoms with van der Waals surface area (Å²) in [5.41, 5.74) is 7.53. The molecule has 2 aromatic rings. The van der Waals surface area contributed by atoms with Crippen molar-refractivity contribution in [2.75, 3.05) is 25.4 Å². The molecule has 2 aromatic carbocycles. The van der Waals surface area contributed by atoms with Crippen molar-refractivity contribution in [3.05, 3.63) is 59.7 Å². The Morgan fingerprint density at radius 2 is 1.68 bits per heavy atom. The smallest absolute Gasteiger partial charge is 0.338 e. The molecule has 6 nitrogen and oxygen atoms in total. The van der Waals surface area contributed by atoms with Crippen LogP contribution in [0.15, 0.2) is 48.5 Å². The van der Waals surface area contributed by atoms with Gasteiger partial charge in [0.2, 0.25) is 0 Å². The molecular weight excluding hydrogens is 356 g/mol. The summed E-state index contributed by atoms with van der Waals surface area (Å²) >= 11 is 0. The number of carbonyl (C=O) groups excluding carboxylic acids is 2. The van der Waals surface area contributed by atoms with E-state index in [9.17, 15) is 9.59 Å². The van der Waals surface area contributed by atoms with Crippen LogP contribution < -0.4 is 10.5 Å². The predicted octanol–water partition coefficient (Wildman–Crippen LogP) is 3.65. The fourth-order valence-electron chi connectivity index (χ4n) is 2.72. The van der Waals surface area contributed by atoms with Crippen molar-refractivity contribution in [1.82, 2.24) is 4.90 Å². The van der Waals surface area contributed by atoms with E-state index in [1.807, 2.05) is 44.2 Å². The molecule has 2 N–H and O–H groups in total. The number of esters is 1. The molecule has 28 heavy (non-hydrogen) atoms. The van der Waals surface area contributed by atoms with E-state index in [1.165, 1.54) is 6.07 Å². The molecule has 0 unspecified atom stereocenters. The second-order valence-electron chi connectivity index (χ2n) is 6.48. The third-order valence-corrected chi connectivity index (χ3v) is 4.15. The van der Waals surface area contributed by atoms with Crippen molar-refractivity contribution in [1.29, 1.82) is 0 Å². The summed E-state index contributed by atoms with van der Waals surface area (Å²) in [5, 5.41) is 0. The first-order chi connectivity index (χ1) is 13.5. The number of benzene rings is 2. The van der Waals surface area contributed by atoms with Gasteiger partial charge in [-0.05, 0) is 36.6 Å². The minimum atomic E-state index is -0.473. The third-order valence-electron chi connectivity index (χ3n) is 4.15. The molecule has 0 heterocycles. The summed E-state index contributed by atoms with van der Waals surface area (Å²) in [5.74, 6) is -0.269. The van der Waals surface area contributed by atoms with Crippen molar-refractivity contribution < 1.29 is 19.1 Å². The molecule has 0 atom stereocenters. The van der Waals surface area contributed by atoms with Gasteiger partial charge in [0, 0.05) is 13.1 Å². The van der Waals surface area contributed by atoms with E-state index in [-0.39, 0.29) is 19.1 Å². The van der Waals surface area contributed by atoms with Gasteiger partial charge in [-0.15, -0.1) is 0 Å².